The molecule has 1 N–H and O–H groups in total. The Bertz CT molecular complexity index is 487. The normalized spacial score (nSPS) is 15.4. The van der Waals surface area contributed by atoms with Gasteiger partial charge in [-0.25, -0.2) is 0 Å². The van der Waals surface area contributed by atoms with E-state index in [2.05, 4.69) is 10.2 Å². The van der Waals surface area contributed by atoms with E-state index < -0.39 is 0 Å². The minimum Gasteiger partial charge on any atom is -0.497 e. The number of carbonyl (C=O) groups is 1. The number of morpholine rings is 1. The fraction of sp³-hybridized carbons (Fsp3) is 0.562. The van der Waals surface area contributed by atoms with Crippen LogP contribution in [0.4, 0.5) is 0 Å². The minimum absolute atomic E-state index is 0.155. The second kappa shape index (κ2) is 8.60. The first-order chi connectivity index (χ1) is 10.7. The number of rotatable bonds is 7. The quantitative estimate of drug-likeness (QED) is 0.766. The van der Waals surface area contributed by atoms with Crippen molar-refractivity contribution in [2.75, 3.05) is 53.6 Å². The molecule has 0 spiro atoms. The van der Waals surface area contributed by atoms with Gasteiger partial charge in [0.1, 0.15) is 11.5 Å². The van der Waals surface area contributed by atoms with Crippen LogP contribution in [0.15, 0.2) is 18.2 Å². The molecule has 0 atom stereocenters. The SMILES string of the molecule is CNC(=O)c1cc(OC)cc(OCCCN2CCOCC2)c1. The van der Waals surface area contributed by atoms with Gasteiger partial charge in [-0.15, -0.1) is 0 Å². The van der Waals surface area contributed by atoms with Gasteiger partial charge < -0.3 is 19.5 Å². The number of methoxy groups -OCH3 is 1. The van der Waals surface area contributed by atoms with Gasteiger partial charge in [-0.1, -0.05) is 0 Å². The van der Waals surface area contributed by atoms with Crippen molar-refractivity contribution in [2.24, 2.45) is 0 Å². The lowest BCUT2D eigenvalue weighted by molar-refractivity contribution is 0.0358. The van der Waals surface area contributed by atoms with E-state index in [0.717, 1.165) is 39.3 Å². The molecule has 0 saturated carbocycles. The summed E-state index contributed by atoms with van der Waals surface area (Å²) in [5.74, 6) is 1.11. The van der Waals surface area contributed by atoms with Gasteiger partial charge in [-0.3, -0.25) is 9.69 Å². The summed E-state index contributed by atoms with van der Waals surface area (Å²) in [4.78, 5) is 14.1. The van der Waals surface area contributed by atoms with Crippen molar-refractivity contribution >= 4 is 5.91 Å². The smallest absolute Gasteiger partial charge is 0.251 e. The molecule has 0 unspecified atom stereocenters. The zero-order valence-corrected chi connectivity index (χ0v) is 13.3. The third-order valence-corrected chi connectivity index (χ3v) is 3.60. The van der Waals surface area contributed by atoms with Crippen molar-refractivity contribution in [3.63, 3.8) is 0 Å². The van der Waals surface area contributed by atoms with Gasteiger partial charge in [0.05, 0.1) is 26.9 Å². The van der Waals surface area contributed by atoms with E-state index in [-0.39, 0.29) is 5.91 Å². The highest BCUT2D eigenvalue weighted by atomic mass is 16.5. The zero-order valence-electron chi connectivity index (χ0n) is 13.3. The maximum absolute atomic E-state index is 11.7. The summed E-state index contributed by atoms with van der Waals surface area (Å²) in [5.41, 5.74) is 0.532. The fourth-order valence-electron chi connectivity index (χ4n) is 2.35. The number of carbonyl (C=O) groups excluding carboxylic acids is 1. The molecule has 2 rings (SSSR count). The second-order valence-electron chi connectivity index (χ2n) is 5.13. The molecule has 1 fully saturated rings. The summed E-state index contributed by atoms with van der Waals surface area (Å²) in [6, 6.07) is 5.22. The number of ether oxygens (including phenoxy) is 3. The number of nitrogens with zero attached hydrogens (tertiary/aromatic N) is 1. The molecule has 1 saturated heterocycles. The van der Waals surface area contributed by atoms with Gasteiger partial charge in [0.2, 0.25) is 0 Å². The van der Waals surface area contributed by atoms with Crippen LogP contribution in [0.2, 0.25) is 0 Å². The van der Waals surface area contributed by atoms with Crippen LogP contribution in [0.5, 0.6) is 11.5 Å². The average molecular weight is 308 g/mol. The van der Waals surface area contributed by atoms with E-state index in [1.807, 2.05) is 0 Å². The van der Waals surface area contributed by atoms with Crippen molar-refractivity contribution in [1.29, 1.82) is 0 Å². The minimum atomic E-state index is -0.155. The van der Waals surface area contributed by atoms with Gasteiger partial charge in [0.25, 0.3) is 5.91 Å². The topological polar surface area (TPSA) is 60.0 Å². The molecule has 122 valence electrons. The Morgan fingerprint density at radius 2 is 2.00 bits per heavy atom. The van der Waals surface area contributed by atoms with Crippen LogP contribution >= 0.6 is 0 Å². The highest BCUT2D eigenvalue weighted by Gasteiger charge is 2.11. The predicted molar refractivity (Wildman–Crippen MR) is 83.8 cm³/mol. The molecule has 1 aromatic rings. The molecular formula is C16H24N2O4. The number of benzene rings is 1. The van der Waals surface area contributed by atoms with Crippen LogP contribution in [0, 0.1) is 0 Å². The van der Waals surface area contributed by atoms with Gasteiger partial charge in [-0.2, -0.15) is 0 Å². The van der Waals surface area contributed by atoms with E-state index in [1.54, 1.807) is 32.4 Å². The van der Waals surface area contributed by atoms with Crippen LogP contribution in [-0.2, 0) is 4.74 Å². The molecule has 1 heterocycles. The van der Waals surface area contributed by atoms with E-state index in [9.17, 15) is 4.79 Å². The van der Waals surface area contributed by atoms with Crippen molar-refractivity contribution < 1.29 is 19.0 Å². The summed E-state index contributed by atoms with van der Waals surface area (Å²) >= 11 is 0. The molecule has 6 nitrogen and oxygen atoms in total. The number of nitrogens with one attached hydrogen (secondary N) is 1. The number of hydrogen-bond acceptors (Lipinski definition) is 5. The van der Waals surface area contributed by atoms with E-state index in [1.165, 1.54) is 0 Å². The molecule has 0 aromatic heterocycles. The van der Waals surface area contributed by atoms with Gasteiger partial charge >= 0.3 is 0 Å². The van der Waals surface area contributed by atoms with Crippen molar-refractivity contribution in [3.8, 4) is 11.5 Å². The van der Waals surface area contributed by atoms with Crippen LogP contribution in [0.3, 0.4) is 0 Å². The molecule has 0 radical (unpaired) electrons. The maximum Gasteiger partial charge on any atom is 0.251 e. The van der Waals surface area contributed by atoms with E-state index in [4.69, 9.17) is 14.2 Å². The third-order valence-electron chi connectivity index (χ3n) is 3.60. The molecule has 0 bridgehead atoms. The van der Waals surface area contributed by atoms with Crippen molar-refractivity contribution in [1.82, 2.24) is 10.2 Å². The van der Waals surface area contributed by atoms with Crippen LogP contribution in [0.1, 0.15) is 16.8 Å². The first-order valence-electron chi connectivity index (χ1n) is 7.57. The van der Waals surface area contributed by atoms with Crippen LogP contribution in [0.25, 0.3) is 0 Å². The Balaban J connectivity index is 1.84. The summed E-state index contributed by atoms with van der Waals surface area (Å²) < 4.78 is 16.3. The van der Waals surface area contributed by atoms with E-state index in [0.29, 0.717) is 23.7 Å². The molecule has 1 aliphatic rings. The first-order valence-corrected chi connectivity index (χ1v) is 7.57. The third kappa shape index (κ3) is 4.89. The highest BCUT2D eigenvalue weighted by molar-refractivity contribution is 5.94. The monoisotopic (exact) mass is 308 g/mol. The van der Waals surface area contributed by atoms with Gasteiger partial charge in [-0.05, 0) is 18.6 Å². The largest absolute Gasteiger partial charge is 0.497 e. The summed E-state index contributed by atoms with van der Waals surface area (Å²) in [7, 11) is 3.18. The van der Waals surface area contributed by atoms with E-state index >= 15 is 0 Å². The zero-order chi connectivity index (χ0) is 15.8. The lowest BCUT2D eigenvalue weighted by Crippen LogP contribution is -2.37. The molecule has 22 heavy (non-hydrogen) atoms. The lowest BCUT2D eigenvalue weighted by Gasteiger charge is -2.26. The molecule has 0 aliphatic carbocycles. The average Bonchev–Trinajstić information content (AvgIpc) is 2.58. The van der Waals surface area contributed by atoms with Crippen molar-refractivity contribution in [3.05, 3.63) is 23.8 Å². The molecular weight excluding hydrogens is 284 g/mol. The van der Waals surface area contributed by atoms with Gasteiger partial charge in [0, 0.05) is 38.3 Å². The summed E-state index contributed by atoms with van der Waals surface area (Å²) in [5, 5.41) is 2.60. The Morgan fingerprint density at radius 3 is 2.68 bits per heavy atom. The number of hydrogen-bond donors (Lipinski definition) is 1. The molecule has 1 amide bonds. The second-order valence-corrected chi connectivity index (χ2v) is 5.13. The lowest BCUT2D eigenvalue weighted by atomic mass is 10.2. The Morgan fingerprint density at radius 1 is 1.27 bits per heavy atom. The van der Waals surface area contributed by atoms with Crippen LogP contribution in [-0.4, -0.2) is 64.4 Å². The first kappa shape index (κ1) is 16.6. The van der Waals surface area contributed by atoms with Crippen molar-refractivity contribution in [2.45, 2.75) is 6.42 Å². The Kier molecular flexibility index (Phi) is 6.48. The highest BCUT2D eigenvalue weighted by Crippen LogP contribution is 2.23. The standard InChI is InChI=1S/C16H24N2O4/c1-17-16(19)13-10-14(20-2)12-15(11-13)22-7-3-4-18-5-8-21-9-6-18/h10-12H,3-9H2,1-2H3,(H,17,19). The summed E-state index contributed by atoms with van der Waals surface area (Å²) in [6.45, 7) is 5.20. The molecule has 6 heteroatoms. The Labute approximate surface area is 131 Å². The van der Waals surface area contributed by atoms with Gasteiger partial charge in [0.15, 0.2) is 0 Å². The predicted octanol–water partition coefficient (Wildman–Crippen LogP) is 1.16. The maximum atomic E-state index is 11.7. The molecule has 1 aromatic carbocycles. The molecule has 1 aliphatic heterocycles. The van der Waals surface area contributed by atoms with Crippen LogP contribution < -0.4 is 14.8 Å². The summed E-state index contributed by atoms with van der Waals surface area (Å²) in [6.07, 6.45) is 0.937. The Hall–Kier alpha value is -1.79. The number of amides is 1. The fourth-order valence-corrected chi connectivity index (χ4v) is 2.35.